The van der Waals surface area contributed by atoms with Gasteiger partial charge in [0.1, 0.15) is 6.04 Å². The van der Waals surface area contributed by atoms with Gasteiger partial charge in [0.25, 0.3) is 5.91 Å². The normalized spacial score (nSPS) is 17.9. The number of amides is 1. The minimum atomic E-state index is -0.206. The number of aryl methyl sites for hydroxylation is 1. The molecular weight excluding hydrogens is 314 g/mol. The van der Waals surface area contributed by atoms with Gasteiger partial charge in [0, 0.05) is 17.5 Å². The quantitative estimate of drug-likeness (QED) is 0.875. The van der Waals surface area contributed by atoms with Crippen LogP contribution in [0.5, 0.6) is 0 Å². The number of thiocarbonyl (C=S) groups is 1. The first-order chi connectivity index (χ1) is 10.5. The average Bonchev–Trinajstić information content (AvgIpc) is 3.03. The summed E-state index contributed by atoms with van der Waals surface area (Å²) in [6.07, 6.45) is 0.788. The zero-order chi connectivity index (χ0) is 15.7. The molecule has 1 aliphatic rings. The molecule has 3 rings (SSSR count). The molecule has 1 atom stereocenters. The predicted molar refractivity (Wildman–Crippen MR) is 92.9 cm³/mol. The lowest BCUT2D eigenvalue weighted by Gasteiger charge is -2.14. The van der Waals surface area contributed by atoms with E-state index in [-0.39, 0.29) is 11.9 Å². The van der Waals surface area contributed by atoms with Crippen LogP contribution in [0.2, 0.25) is 0 Å². The minimum absolute atomic E-state index is 0.0552. The van der Waals surface area contributed by atoms with E-state index in [0.717, 1.165) is 22.7 Å². The van der Waals surface area contributed by atoms with Crippen LogP contribution in [0.15, 0.2) is 29.6 Å². The zero-order valence-corrected chi connectivity index (χ0v) is 14.1. The van der Waals surface area contributed by atoms with Gasteiger partial charge in [-0.3, -0.25) is 9.69 Å². The zero-order valence-electron chi connectivity index (χ0n) is 12.5. The Balaban J connectivity index is 1.64. The summed E-state index contributed by atoms with van der Waals surface area (Å²) in [4.78, 5) is 18.1. The molecule has 0 saturated carbocycles. The first-order valence-electron chi connectivity index (χ1n) is 7.18. The van der Waals surface area contributed by atoms with Crippen molar-refractivity contribution in [1.29, 1.82) is 0 Å². The number of hydrogen-bond donors (Lipinski definition) is 1. The van der Waals surface area contributed by atoms with Crippen LogP contribution < -0.4 is 5.32 Å². The number of carbonyl (C=O) groups is 1. The molecular formula is C16H17N3OS2. The van der Waals surface area contributed by atoms with E-state index < -0.39 is 0 Å². The van der Waals surface area contributed by atoms with Crippen LogP contribution in [0.25, 0.3) is 11.3 Å². The highest BCUT2D eigenvalue weighted by Gasteiger charge is 2.31. The van der Waals surface area contributed by atoms with Crippen molar-refractivity contribution in [3.05, 3.63) is 40.2 Å². The molecule has 6 heteroatoms. The van der Waals surface area contributed by atoms with Gasteiger partial charge in [-0.15, -0.1) is 11.3 Å². The number of aromatic nitrogens is 1. The summed E-state index contributed by atoms with van der Waals surface area (Å²) in [6.45, 7) is 4.46. The lowest BCUT2D eigenvalue weighted by Crippen LogP contribution is -2.32. The van der Waals surface area contributed by atoms with Gasteiger partial charge in [0.05, 0.1) is 10.7 Å². The second-order valence-corrected chi connectivity index (χ2v) is 6.81. The van der Waals surface area contributed by atoms with Crippen molar-refractivity contribution < 1.29 is 4.79 Å². The summed E-state index contributed by atoms with van der Waals surface area (Å²) in [5, 5.41) is 6.66. The highest BCUT2D eigenvalue weighted by molar-refractivity contribution is 7.80. The molecule has 1 amide bonds. The van der Waals surface area contributed by atoms with E-state index in [4.69, 9.17) is 12.2 Å². The molecule has 1 saturated heterocycles. The molecule has 1 aliphatic heterocycles. The molecule has 0 radical (unpaired) electrons. The third-order valence-corrected chi connectivity index (χ3v) is 4.83. The Hall–Kier alpha value is -1.79. The first kappa shape index (κ1) is 15.1. The van der Waals surface area contributed by atoms with Gasteiger partial charge in [-0.05, 0) is 38.0 Å². The lowest BCUT2D eigenvalue weighted by atomic mass is 10.1. The van der Waals surface area contributed by atoms with Crippen molar-refractivity contribution in [1.82, 2.24) is 15.2 Å². The second kappa shape index (κ2) is 6.14. The summed E-state index contributed by atoms with van der Waals surface area (Å²) in [5.74, 6) is 0.0552. The van der Waals surface area contributed by atoms with E-state index in [1.54, 1.807) is 16.2 Å². The molecule has 2 aromatic rings. The topological polar surface area (TPSA) is 45.2 Å². The lowest BCUT2D eigenvalue weighted by molar-refractivity contribution is -0.126. The van der Waals surface area contributed by atoms with Crippen LogP contribution in [0.1, 0.15) is 17.5 Å². The molecule has 1 fully saturated rings. The molecule has 0 aliphatic carbocycles. The van der Waals surface area contributed by atoms with E-state index in [1.807, 2.05) is 13.8 Å². The number of hydrogen-bond acceptors (Lipinski definition) is 4. The van der Waals surface area contributed by atoms with E-state index in [9.17, 15) is 4.79 Å². The Kier molecular flexibility index (Phi) is 4.22. The fourth-order valence-electron chi connectivity index (χ4n) is 2.45. The van der Waals surface area contributed by atoms with Crippen molar-refractivity contribution in [2.24, 2.45) is 0 Å². The third-order valence-electron chi connectivity index (χ3n) is 3.71. The molecule has 1 aromatic heterocycles. The number of rotatable bonds is 4. The van der Waals surface area contributed by atoms with Crippen molar-refractivity contribution in [3.8, 4) is 11.3 Å². The summed E-state index contributed by atoms with van der Waals surface area (Å²) in [7, 11) is 0. The number of nitrogens with zero attached hydrogens (tertiary/aromatic N) is 2. The van der Waals surface area contributed by atoms with E-state index in [0.29, 0.717) is 11.7 Å². The number of carbonyl (C=O) groups excluding carboxylic acids is 1. The monoisotopic (exact) mass is 331 g/mol. The number of thiazole rings is 1. The molecule has 1 N–H and O–H groups in total. The maximum atomic E-state index is 11.9. The fraction of sp³-hybridized carbons (Fsp3) is 0.312. The minimum Gasteiger partial charge on any atom is -0.351 e. The Bertz CT molecular complexity index is 708. The summed E-state index contributed by atoms with van der Waals surface area (Å²) >= 11 is 6.84. The highest BCUT2D eigenvalue weighted by atomic mass is 32.1. The van der Waals surface area contributed by atoms with Gasteiger partial charge >= 0.3 is 0 Å². The molecule has 22 heavy (non-hydrogen) atoms. The Morgan fingerprint density at radius 1 is 1.36 bits per heavy atom. The molecule has 1 aromatic carbocycles. The maximum Gasteiger partial charge on any atom is 0.251 e. The Morgan fingerprint density at radius 3 is 2.64 bits per heavy atom. The molecule has 114 valence electrons. The standard InChI is InChI=1S/C16H17N3OS2/c1-10-15(20)19(16(21)17-10)8-7-12-3-5-13(6-4-12)14-9-22-11(2)18-14/h3-6,9-10H,7-8H2,1-2H3,(H,17,21)/t10-/m1/s1. The van der Waals surface area contributed by atoms with Crippen LogP contribution in [0, 0.1) is 6.92 Å². The molecule has 2 heterocycles. The maximum absolute atomic E-state index is 11.9. The summed E-state index contributed by atoms with van der Waals surface area (Å²) < 4.78 is 0. The smallest absolute Gasteiger partial charge is 0.251 e. The third kappa shape index (κ3) is 3.03. The first-order valence-corrected chi connectivity index (χ1v) is 8.46. The summed E-state index contributed by atoms with van der Waals surface area (Å²) in [5.41, 5.74) is 3.32. The van der Waals surface area contributed by atoms with Crippen molar-refractivity contribution in [2.45, 2.75) is 26.3 Å². The van der Waals surface area contributed by atoms with Gasteiger partial charge < -0.3 is 5.32 Å². The highest BCUT2D eigenvalue weighted by Crippen LogP contribution is 2.22. The molecule has 0 bridgehead atoms. The van der Waals surface area contributed by atoms with Crippen LogP contribution in [0.4, 0.5) is 0 Å². The van der Waals surface area contributed by atoms with Crippen molar-refractivity contribution in [3.63, 3.8) is 0 Å². The Labute approximate surface area is 139 Å². The Morgan fingerprint density at radius 2 is 2.09 bits per heavy atom. The fourth-order valence-corrected chi connectivity index (χ4v) is 3.43. The van der Waals surface area contributed by atoms with Gasteiger partial charge in [-0.2, -0.15) is 0 Å². The van der Waals surface area contributed by atoms with Crippen molar-refractivity contribution in [2.75, 3.05) is 6.54 Å². The van der Waals surface area contributed by atoms with Gasteiger partial charge in [-0.25, -0.2) is 4.98 Å². The number of nitrogens with one attached hydrogen (secondary N) is 1. The van der Waals surface area contributed by atoms with E-state index in [2.05, 4.69) is 39.9 Å². The SMILES string of the molecule is Cc1nc(-c2ccc(CCN3C(=O)[C@@H](C)NC3=S)cc2)cs1. The van der Waals surface area contributed by atoms with Gasteiger partial charge in [-0.1, -0.05) is 24.3 Å². The molecule has 4 nitrogen and oxygen atoms in total. The second-order valence-electron chi connectivity index (χ2n) is 5.36. The van der Waals surface area contributed by atoms with Crippen LogP contribution in [0.3, 0.4) is 0 Å². The molecule has 0 spiro atoms. The van der Waals surface area contributed by atoms with E-state index >= 15 is 0 Å². The predicted octanol–water partition coefficient (Wildman–Crippen LogP) is 2.77. The van der Waals surface area contributed by atoms with Crippen LogP contribution in [-0.2, 0) is 11.2 Å². The van der Waals surface area contributed by atoms with Gasteiger partial charge in [0.15, 0.2) is 5.11 Å². The van der Waals surface area contributed by atoms with E-state index in [1.165, 1.54) is 5.56 Å². The largest absolute Gasteiger partial charge is 0.351 e. The molecule has 0 unspecified atom stereocenters. The summed E-state index contributed by atoms with van der Waals surface area (Å²) in [6, 6.07) is 8.13. The van der Waals surface area contributed by atoms with Crippen molar-refractivity contribution >= 4 is 34.6 Å². The number of benzene rings is 1. The van der Waals surface area contributed by atoms with Crippen LogP contribution in [-0.4, -0.2) is 33.5 Å². The van der Waals surface area contributed by atoms with Gasteiger partial charge in [0.2, 0.25) is 0 Å². The average molecular weight is 331 g/mol. The van der Waals surface area contributed by atoms with Crippen LogP contribution >= 0.6 is 23.6 Å².